The van der Waals surface area contributed by atoms with Crippen molar-refractivity contribution in [3.8, 4) is 0 Å². The molecule has 1 heterocycles. The first-order valence-electron chi connectivity index (χ1n) is 6.78. The molecule has 1 amide bonds. The van der Waals surface area contributed by atoms with Gasteiger partial charge >= 0.3 is 0 Å². The highest BCUT2D eigenvalue weighted by Gasteiger charge is 2.37. The maximum Gasteiger partial charge on any atom is 0.226 e. The van der Waals surface area contributed by atoms with E-state index in [1.807, 2.05) is 0 Å². The zero-order chi connectivity index (χ0) is 11.5. The van der Waals surface area contributed by atoms with E-state index in [1.165, 1.54) is 19.3 Å². The van der Waals surface area contributed by atoms with Gasteiger partial charge in [-0.3, -0.25) is 4.79 Å². The largest absolute Gasteiger partial charge is 0.339 e. The molecule has 3 nitrogen and oxygen atoms in total. The van der Waals surface area contributed by atoms with Crippen LogP contribution >= 0.6 is 0 Å². The normalized spacial score (nSPS) is 34.6. The van der Waals surface area contributed by atoms with Crippen LogP contribution < -0.4 is 5.73 Å². The Kier molecular flexibility index (Phi) is 3.85. The van der Waals surface area contributed by atoms with Gasteiger partial charge in [0.15, 0.2) is 0 Å². The molecule has 92 valence electrons. The predicted molar refractivity (Wildman–Crippen MR) is 64.9 cm³/mol. The Morgan fingerprint density at radius 1 is 1.31 bits per heavy atom. The molecule has 0 spiro atoms. The van der Waals surface area contributed by atoms with Crippen LogP contribution in [0.5, 0.6) is 0 Å². The molecular formula is C13H24N2O. The van der Waals surface area contributed by atoms with Crippen molar-refractivity contribution in [1.29, 1.82) is 0 Å². The second-order valence-corrected chi connectivity index (χ2v) is 5.27. The van der Waals surface area contributed by atoms with Gasteiger partial charge in [0.05, 0.1) is 0 Å². The number of carbonyl (C=O) groups is 1. The molecule has 0 bridgehead atoms. The molecule has 16 heavy (non-hydrogen) atoms. The van der Waals surface area contributed by atoms with E-state index in [0.29, 0.717) is 24.4 Å². The van der Waals surface area contributed by atoms with Gasteiger partial charge in [0.1, 0.15) is 0 Å². The number of nitrogens with two attached hydrogens (primary N) is 1. The maximum absolute atomic E-state index is 12.5. The van der Waals surface area contributed by atoms with Crippen LogP contribution in [0.1, 0.15) is 45.4 Å². The molecule has 1 saturated heterocycles. The highest BCUT2D eigenvalue weighted by Crippen LogP contribution is 2.34. The minimum absolute atomic E-state index is 0.233. The summed E-state index contributed by atoms with van der Waals surface area (Å²) in [4.78, 5) is 14.6. The number of amides is 1. The standard InChI is InChI=1S/C13H24N2O/c1-2-11-6-4-8-15(11)13(16)12-7-3-5-10(12)9-14/h10-12H,2-9,14H2,1H3/t10-,11?,12-/m1/s1. The predicted octanol–water partition coefficient (Wildman–Crippen LogP) is 1.76. The molecule has 1 saturated carbocycles. The summed E-state index contributed by atoms with van der Waals surface area (Å²) in [5.41, 5.74) is 5.76. The van der Waals surface area contributed by atoms with Crippen molar-refractivity contribution in [3.05, 3.63) is 0 Å². The van der Waals surface area contributed by atoms with E-state index in [-0.39, 0.29) is 5.92 Å². The molecule has 2 rings (SSSR count). The SMILES string of the molecule is CCC1CCCN1C(=O)[C@@H]1CCC[C@@H]1CN. The average Bonchev–Trinajstić information content (AvgIpc) is 2.96. The third kappa shape index (κ3) is 2.10. The van der Waals surface area contributed by atoms with E-state index in [9.17, 15) is 4.79 Å². The molecule has 1 aliphatic carbocycles. The number of carbonyl (C=O) groups excluding carboxylic acids is 1. The number of rotatable bonds is 3. The molecule has 3 heteroatoms. The van der Waals surface area contributed by atoms with Crippen LogP contribution in [0.25, 0.3) is 0 Å². The molecule has 0 radical (unpaired) electrons. The lowest BCUT2D eigenvalue weighted by atomic mass is 9.94. The Morgan fingerprint density at radius 3 is 2.81 bits per heavy atom. The topological polar surface area (TPSA) is 46.3 Å². The summed E-state index contributed by atoms with van der Waals surface area (Å²) in [6.07, 6.45) is 6.88. The summed E-state index contributed by atoms with van der Waals surface area (Å²) < 4.78 is 0. The van der Waals surface area contributed by atoms with E-state index in [0.717, 1.165) is 25.8 Å². The van der Waals surface area contributed by atoms with Crippen molar-refractivity contribution < 1.29 is 4.79 Å². The van der Waals surface area contributed by atoms with Crippen molar-refractivity contribution in [1.82, 2.24) is 4.90 Å². The molecule has 0 aromatic carbocycles. The number of hydrogen-bond donors (Lipinski definition) is 1. The van der Waals surface area contributed by atoms with Gasteiger partial charge in [0.25, 0.3) is 0 Å². The first-order chi connectivity index (χ1) is 7.77. The van der Waals surface area contributed by atoms with Gasteiger partial charge in [0.2, 0.25) is 5.91 Å². The zero-order valence-electron chi connectivity index (χ0n) is 10.3. The fourth-order valence-corrected chi connectivity index (χ4v) is 3.41. The van der Waals surface area contributed by atoms with E-state index >= 15 is 0 Å². The lowest BCUT2D eigenvalue weighted by Crippen LogP contribution is -2.41. The summed E-state index contributed by atoms with van der Waals surface area (Å²) >= 11 is 0. The van der Waals surface area contributed by atoms with E-state index in [1.54, 1.807) is 0 Å². The summed E-state index contributed by atoms with van der Waals surface area (Å²) in [7, 11) is 0. The van der Waals surface area contributed by atoms with Crippen molar-refractivity contribution in [2.75, 3.05) is 13.1 Å². The van der Waals surface area contributed by atoms with Crippen LogP contribution in [-0.2, 0) is 4.79 Å². The monoisotopic (exact) mass is 224 g/mol. The molecule has 2 aliphatic rings. The second kappa shape index (κ2) is 5.17. The van der Waals surface area contributed by atoms with Crippen molar-refractivity contribution in [2.24, 2.45) is 17.6 Å². The lowest BCUT2D eigenvalue weighted by Gasteiger charge is -2.28. The summed E-state index contributed by atoms with van der Waals surface area (Å²) in [6, 6.07) is 0.506. The average molecular weight is 224 g/mol. The summed E-state index contributed by atoms with van der Waals surface area (Å²) in [6.45, 7) is 3.84. The highest BCUT2D eigenvalue weighted by atomic mass is 16.2. The van der Waals surface area contributed by atoms with Crippen LogP contribution in [0.3, 0.4) is 0 Å². The van der Waals surface area contributed by atoms with Gasteiger partial charge in [-0.1, -0.05) is 13.3 Å². The van der Waals surface area contributed by atoms with Crippen LogP contribution in [0.4, 0.5) is 0 Å². The number of likely N-dealkylation sites (tertiary alicyclic amines) is 1. The number of hydrogen-bond acceptors (Lipinski definition) is 2. The van der Waals surface area contributed by atoms with Gasteiger partial charge < -0.3 is 10.6 Å². The quantitative estimate of drug-likeness (QED) is 0.794. The van der Waals surface area contributed by atoms with E-state index < -0.39 is 0 Å². The Labute approximate surface area is 98.4 Å². The van der Waals surface area contributed by atoms with Crippen molar-refractivity contribution >= 4 is 5.91 Å². The van der Waals surface area contributed by atoms with Gasteiger partial charge in [-0.25, -0.2) is 0 Å². The Morgan fingerprint density at radius 2 is 2.12 bits per heavy atom. The molecule has 2 fully saturated rings. The third-order valence-electron chi connectivity index (χ3n) is 4.41. The van der Waals surface area contributed by atoms with Crippen LogP contribution in [0.2, 0.25) is 0 Å². The highest BCUT2D eigenvalue weighted by molar-refractivity contribution is 5.80. The zero-order valence-corrected chi connectivity index (χ0v) is 10.3. The Hall–Kier alpha value is -0.570. The fraction of sp³-hybridized carbons (Fsp3) is 0.923. The molecule has 2 N–H and O–H groups in total. The minimum atomic E-state index is 0.233. The second-order valence-electron chi connectivity index (χ2n) is 5.27. The van der Waals surface area contributed by atoms with Gasteiger partial charge in [-0.05, 0) is 44.6 Å². The van der Waals surface area contributed by atoms with Gasteiger partial charge in [-0.2, -0.15) is 0 Å². The first-order valence-corrected chi connectivity index (χ1v) is 6.78. The molecule has 0 aromatic rings. The minimum Gasteiger partial charge on any atom is -0.339 e. The van der Waals surface area contributed by atoms with Crippen molar-refractivity contribution in [2.45, 2.75) is 51.5 Å². The summed E-state index contributed by atoms with van der Waals surface area (Å²) in [5.74, 6) is 1.08. The van der Waals surface area contributed by atoms with Crippen LogP contribution in [0, 0.1) is 11.8 Å². The molecule has 0 aromatic heterocycles. The van der Waals surface area contributed by atoms with E-state index in [2.05, 4.69) is 11.8 Å². The van der Waals surface area contributed by atoms with Crippen molar-refractivity contribution in [3.63, 3.8) is 0 Å². The third-order valence-corrected chi connectivity index (χ3v) is 4.41. The lowest BCUT2D eigenvalue weighted by molar-refractivity contribution is -0.137. The first kappa shape index (κ1) is 11.9. The van der Waals surface area contributed by atoms with E-state index in [4.69, 9.17) is 5.73 Å². The Bertz CT molecular complexity index is 230. The van der Waals surface area contributed by atoms with Crippen LogP contribution in [0.15, 0.2) is 0 Å². The summed E-state index contributed by atoms with van der Waals surface area (Å²) in [5, 5.41) is 0. The molecule has 1 unspecified atom stereocenters. The van der Waals surface area contributed by atoms with Crippen LogP contribution in [-0.4, -0.2) is 29.9 Å². The maximum atomic E-state index is 12.5. The molecule has 3 atom stereocenters. The van der Waals surface area contributed by atoms with Gasteiger partial charge in [-0.15, -0.1) is 0 Å². The molecule has 1 aliphatic heterocycles. The fourth-order valence-electron chi connectivity index (χ4n) is 3.41. The smallest absolute Gasteiger partial charge is 0.226 e. The number of nitrogens with zero attached hydrogens (tertiary/aromatic N) is 1. The molecular weight excluding hydrogens is 200 g/mol. The van der Waals surface area contributed by atoms with Gasteiger partial charge in [0, 0.05) is 18.5 Å². The Balaban J connectivity index is 2.00.